The van der Waals surface area contributed by atoms with Crippen LogP contribution in [-0.2, 0) is 25.7 Å². The second kappa shape index (κ2) is 50.1. The summed E-state index contributed by atoms with van der Waals surface area (Å²) in [6.45, 7) is 13.2. The van der Waals surface area contributed by atoms with Crippen molar-refractivity contribution in [2.75, 3.05) is 49.8 Å². The average molecular weight is 1760 g/mol. The van der Waals surface area contributed by atoms with Crippen LogP contribution in [0.25, 0.3) is 0 Å². The highest BCUT2D eigenvalue weighted by Gasteiger charge is 2.20. The van der Waals surface area contributed by atoms with E-state index in [4.69, 9.17) is 52.5 Å². The van der Waals surface area contributed by atoms with Crippen LogP contribution in [0.5, 0.6) is 80.5 Å². The molecule has 0 saturated carbocycles. The molecular formula is C108H106O22. The zero-order valence-electron chi connectivity index (χ0n) is 74.9. The number of aryl methyl sites for hydroxylation is 6. The first-order chi connectivity index (χ1) is 62.4. The Morgan fingerprint density at radius 2 is 0.408 bits per heavy atom. The van der Waals surface area contributed by atoms with Crippen molar-refractivity contribution in [3.05, 3.63) is 415 Å². The summed E-state index contributed by atoms with van der Waals surface area (Å²) in [5, 5.41) is 56.2. The number of carboxylic acid groups (broad SMARTS) is 5. The third kappa shape index (κ3) is 31.8. The van der Waals surface area contributed by atoms with E-state index in [1.54, 1.807) is 109 Å². The number of carbonyl (C=O) groups is 6. The lowest BCUT2D eigenvalue weighted by atomic mass is 10.0. The van der Waals surface area contributed by atoms with Crippen LogP contribution in [0.15, 0.2) is 303 Å². The minimum absolute atomic E-state index is 0.0244. The maximum atomic E-state index is 11.8. The van der Waals surface area contributed by atoms with E-state index >= 15 is 0 Å². The predicted molar refractivity (Wildman–Crippen MR) is 502 cm³/mol. The Kier molecular flexibility index (Phi) is 38.3. The van der Waals surface area contributed by atoms with Gasteiger partial charge < -0.3 is 78.0 Å². The quantitative estimate of drug-likeness (QED) is 0.0261. The minimum Gasteiger partial charge on any atom is -0.507 e. The Labute approximate surface area is 757 Å². The van der Waals surface area contributed by atoms with E-state index in [0.717, 1.165) is 101 Å². The number of carboxylic acids is 5. The normalized spacial score (nSPS) is 10.1. The van der Waals surface area contributed by atoms with E-state index in [0.29, 0.717) is 54.2 Å². The fourth-order valence-electron chi connectivity index (χ4n) is 12.6. The van der Waals surface area contributed by atoms with E-state index in [2.05, 4.69) is 13.8 Å². The molecule has 0 bridgehead atoms. The van der Waals surface area contributed by atoms with Gasteiger partial charge in [0.25, 0.3) is 0 Å². The average Bonchev–Trinajstić information content (AvgIpc) is 0.814. The van der Waals surface area contributed by atoms with Gasteiger partial charge in [0.15, 0.2) is 5.78 Å². The van der Waals surface area contributed by atoms with Crippen LogP contribution in [0.2, 0.25) is 0 Å². The monoisotopic (exact) mass is 1750 g/mol. The maximum absolute atomic E-state index is 11.8. The third-order valence-corrected chi connectivity index (χ3v) is 19.7. The largest absolute Gasteiger partial charge is 0.507 e. The van der Waals surface area contributed by atoms with Crippen LogP contribution in [0.1, 0.15) is 147 Å². The number of phenolic OH excluding ortho intramolecular Hbond substituents is 1. The summed E-state index contributed by atoms with van der Waals surface area (Å²) in [6.07, 6.45) is 2.52. The lowest BCUT2D eigenvalue weighted by molar-refractivity contribution is 0.0680. The van der Waals surface area contributed by atoms with Crippen molar-refractivity contribution >= 4 is 35.6 Å². The number of hydrogen-bond donors (Lipinski definition) is 6. The molecule has 0 aromatic heterocycles. The SMILES string of the molecule is COc1ccc(C)cc1.COc1ccc(C)cc1.COc1ccc(C)cc1C(=O)O.COc1ccc(Cc2ccc(O)c(C(C)=O)c2)cc1.COc1ccc(Cc2ccc(Oc3ccc(C)cc3)c(C(=O)O)c2)cc1.COc1ccc(Cc2ccc(Oc3ccc(C)cc3)cc2)cc1C(=O)O.COc1ccc(Cc2ccc(Oc3ccc(C)cc3C(=O)O)c(C(=O)O)c2)cc1. The lowest BCUT2D eigenvalue weighted by Crippen LogP contribution is -2.05. The fraction of sp³-hybridized carbons (Fsp3) is 0.167. The van der Waals surface area contributed by atoms with Gasteiger partial charge in [-0.2, -0.15) is 0 Å². The smallest absolute Gasteiger partial charge is 0.339 e. The number of phenols is 1. The molecule has 130 heavy (non-hydrogen) atoms. The van der Waals surface area contributed by atoms with E-state index in [9.17, 15) is 54.3 Å². The summed E-state index contributed by atoms with van der Waals surface area (Å²) < 4.78 is 52.6. The van der Waals surface area contributed by atoms with Crippen LogP contribution in [0.4, 0.5) is 0 Å². The highest BCUT2D eigenvalue weighted by molar-refractivity contribution is 5.97. The topological polar surface area (TPSA) is 316 Å². The zero-order valence-corrected chi connectivity index (χ0v) is 74.9. The second-order valence-electron chi connectivity index (χ2n) is 29.7. The second-order valence-corrected chi connectivity index (χ2v) is 29.7. The highest BCUT2D eigenvalue weighted by atomic mass is 16.5. The highest BCUT2D eigenvalue weighted by Crippen LogP contribution is 2.34. The van der Waals surface area contributed by atoms with Crippen LogP contribution in [0, 0.1) is 41.5 Å². The summed E-state index contributed by atoms with van der Waals surface area (Å²) in [4.78, 5) is 68.3. The first-order valence-corrected chi connectivity index (χ1v) is 40.9. The Hall–Kier alpha value is -16.1. The fourth-order valence-corrected chi connectivity index (χ4v) is 12.6. The Bertz CT molecular complexity index is 6000. The van der Waals surface area contributed by atoms with Gasteiger partial charge in [0.1, 0.15) is 108 Å². The molecular weight excluding hydrogens is 1650 g/mol. The van der Waals surface area contributed by atoms with Gasteiger partial charge in [0, 0.05) is 0 Å². The molecule has 0 saturated heterocycles. The molecule has 0 atom stereocenters. The van der Waals surface area contributed by atoms with Crippen molar-refractivity contribution in [3.8, 4) is 80.5 Å². The number of carbonyl (C=O) groups excluding carboxylic acids is 1. The van der Waals surface area contributed by atoms with Crippen molar-refractivity contribution in [2.45, 2.75) is 74.1 Å². The standard InChI is InChI=1S/C23H20O6.2C22H20O4.C16H16O3.C9H10O3.2C8H10O/c1-14-3-9-20(18(11-14)22(24)25)29-21-10-6-16(13-19(21)23(26)27)12-15-4-7-17(28-2)8-5-15;1-15-3-8-19(9-4-15)26-21-12-7-17(14-20(21)22(23)24)13-16-5-10-18(25-2)11-6-16;1-15-3-8-18(9-4-15)26-19-10-5-16(6-11-19)13-17-7-12-21(25-2)20(14-17)22(23)24;1-11(17)15-10-13(5-8-16(15)18)9-12-3-6-14(19-2)7-4-12;1-6-3-4-8(12-2)7(5-6)9(10)11;2*1-7-3-5-8(9-2)6-4-7/h3-11,13H,12H2,1-2H3,(H,24,25)(H,26,27);2*3-12,14H,13H2,1-2H3,(H,23,24);3-8,10,18H,9H2,1-2H3;3-5H,1-2H3,(H,10,11);2*3-6H,1-2H3. The number of Topliss-reactive ketones (excluding diaryl/α,β-unsaturated/α-hetero) is 1. The van der Waals surface area contributed by atoms with Crippen LogP contribution < -0.4 is 47.4 Å². The number of methoxy groups -OCH3 is 7. The Morgan fingerprint density at radius 3 is 0.692 bits per heavy atom. The molecule has 0 amide bonds. The molecule has 0 aliphatic heterocycles. The molecule has 0 spiro atoms. The summed E-state index contributed by atoms with van der Waals surface area (Å²) in [5.74, 6) is 2.27. The summed E-state index contributed by atoms with van der Waals surface area (Å²) in [7, 11) is 11.1. The van der Waals surface area contributed by atoms with Gasteiger partial charge in [-0.05, 0) is 289 Å². The van der Waals surface area contributed by atoms with E-state index < -0.39 is 29.8 Å². The summed E-state index contributed by atoms with van der Waals surface area (Å²) >= 11 is 0. The molecule has 22 heteroatoms. The lowest BCUT2D eigenvalue weighted by Gasteiger charge is -2.13. The third-order valence-electron chi connectivity index (χ3n) is 19.7. The molecule has 14 aromatic rings. The molecule has 670 valence electrons. The Balaban J connectivity index is 0.000000194. The predicted octanol–water partition coefficient (Wildman–Crippen LogP) is 23.9. The molecule has 22 nitrogen and oxygen atoms in total. The summed E-state index contributed by atoms with van der Waals surface area (Å²) in [5.41, 5.74) is 15.2. The zero-order chi connectivity index (χ0) is 94.3. The van der Waals surface area contributed by atoms with Gasteiger partial charge in [-0.1, -0.05) is 167 Å². The molecule has 0 heterocycles. The van der Waals surface area contributed by atoms with Crippen molar-refractivity contribution in [3.63, 3.8) is 0 Å². The molecule has 0 aliphatic carbocycles. The number of ether oxygens (including phenoxy) is 10. The molecule has 0 aliphatic rings. The van der Waals surface area contributed by atoms with Crippen LogP contribution in [-0.4, -0.2) is 116 Å². The number of aromatic hydroxyl groups is 1. The summed E-state index contributed by atoms with van der Waals surface area (Å²) in [6, 6.07) is 92.3. The van der Waals surface area contributed by atoms with Crippen LogP contribution >= 0.6 is 0 Å². The Morgan fingerprint density at radius 1 is 0.208 bits per heavy atom. The van der Waals surface area contributed by atoms with Crippen molar-refractivity contribution in [2.24, 2.45) is 0 Å². The van der Waals surface area contributed by atoms with Gasteiger partial charge in [-0.15, -0.1) is 0 Å². The van der Waals surface area contributed by atoms with Gasteiger partial charge in [-0.25, -0.2) is 24.0 Å². The number of aromatic carboxylic acids is 5. The van der Waals surface area contributed by atoms with E-state index in [-0.39, 0.29) is 50.8 Å². The first kappa shape index (κ1) is 99.3. The van der Waals surface area contributed by atoms with Gasteiger partial charge in [0.2, 0.25) is 0 Å². The van der Waals surface area contributed by atoms with Crippen molar-refractivity contribution in [1.29, 1.82) is 0 Å². The molecule has 0 radical (unpaired) electrons. The molecule has 0 unspecified atom stereocenters. The van der Waals surface area contributed by atoms with E-state index in [1.165, 1.54) is 56.0 Å². The van der Waals surface area contributed by atoms with Crippen molar-refractivity contribution in [1.82, 2.24) is 0 Å². The minimum atomic E-state index is -1.15. The van der Waals surface area contributed by atoms with Gasteiger partial charge in [-0.3, -0.25) is 4.79 Å². The first-order valence-electron chi connectivity index (χ1n) is 40.9. The van der Waals surface area contributed by atoms with Crippen molar-refractivity contribution < 1.29 is 107 Å². The molecule has 6 N–H and O–H groups in total. The van der Waals surface area contributed by atoms with Gasteiger partial charge >= 0.3 is 29.8 Å². The number of rotatable bonds is 27. The number of benzene rings is 14. The van der Waals surface area contributed by atoms with E-state index in [1.807, 2.05) is 239 Å². The number of ketones is 1. The molecule has 14 aromatic carbocycles. The molecule has 0 fully saturated rings. The maximum Gasteiger partial charge on any atom is 0.339 e. The van der Waals surface area contributed by atoms with Gasteiger partial charge in [0.05, 0.1) is 55.3 Å². The van der Waals surface area contributed by atoms with Crippen LogP contribution in [0.3, 0.4) is 0 Å². The number of hydrogen-bond acceptors (Lipinski definition) is 17. The molecule has 14 rings (SSSR count).